The average molecular weight is 437 g/mol. The molecule has 0 amide bonds. The van der Waals surface area contributed by atoms with Gasteiger partial charge in [-0.15, -0.1) is 0 Å². The van der Waals surface area contributed by atoms with Crippen molar-refractivity contribution in [2.75, 3.05) is 0 Å². The molecule has 1 aliphatic heterocycles. The summed E-state index contributed by atoms with van der Waals surface area (Å²) in [5.74, 6) is -4.23. The molecule has 0 fully saturated rings. The number of aliphatic carboxylic acids is 1. The van der Waals surface area contributed by atoms with Crippen LogP contribution in [-0.4, -0.2) is 21.8 Å². The lowest BCUT2D eigenvalue weighted by Crippen LogP contribution is -2.46. The van der Waals surface area contributed by atoms with Crippen molar-refractivity contribution in [3.63, 3.8) is 0 Å². The number of hydrogen-bond acceptors (Lipinski definition) is 3. The van der Waals surface area contributed by atoms with Gasteiger partial charge in [-0.05, 0) is 38.5 Å². The summed E-state index contributed by atoms with van der Waals surface area (Å²) in [7, 11) is 0. The Hall–Kier alpha value is -2.11. The molecule has 1 heterocycles. The third kappa shape index (κ3) is 4.18. The van der Waals surface area contributed by atoms with Crippen LogP contribution < -0.4 is 4.74 Å². The molecule has 0 radical (unpaired) electrons. The van der Waals surface area contributed by atoms with Gasteiger partial charge in [0.25, 0.3) is 0 Å². The fourth-order valence-corrected chi connectivity index (χ4v) is 5.31. The van der Waals surface area contributed by atoms with Crippen LogP contribution in [0.15, 0.2) is 11.6 Å². The second-order valence-electron chi connectivity index (χ2n) is 10.2. The number of carbonyl (C=O) groups is 1. The van der Waals surface area contributed by atoms with Crippen molar-refractivity contribution in [1.29, 1.82) is 0 Å². The average Bonchev–Trinajstić information content (AvgIpc) is 2.68. The Kier molecular flexibility index (Phi) is 6.41. The van der Waals surface area contributed by atoms with Gasteiger partial charge in [-0.2, -0.15) is 0 Å². The van der Waals surface area contributed by atoms with Crippen LogP contribution in [0.25, 0.3) is 0 Å². The first-order valence-electron chi connectivity index (χ1n) is 11.3. The molecule has 0 saturated carbocycles. The quantitative estimate of drug-likeness (QED) is 0.473. The number of phenols is 1. The summed E-state index contributed by atoms with van der Waals surface area (Å²) in [6.07, 6.45) is 6.70. The van der Waals surface area contributed by atoms with Gasteiger partial charge in [0, 0.05) is 28.5 Å². The van der Waals surface area contributed by atoms with E-state index in [1.165, 1.54) is 0 Å². The van der Waals surface area contributed by atoms with Crippen molar-refractivity contribution >= 4 is 5.97 Å². The lowest BCUT2D eigenvalue weighted by atomic mass is 9.66. The van der Waals surface area contributed by atoms with Crippen molar-refractivity contribution < 1.29 is 28.5 Å². The van der Waals surface area contributed by atoms with E-state index >= 15 is 8.78 Å². The molecule has 1 aromatic rings. The third-order valence-corrected chi connectivity index (χ3v) is 7.13. The lowest BCUT2D eigenvalue weighted by Gasteiger charge is -2.47. The number of rotatable bonds is 7. The van der Waals surface area contributed by atoms with E-state index in [1.54, 1.807) is 19.9 Å². The van der Waals surface area contributed by atoms with Crippen LogP contribution >= 0.6 is 0 Å². The fourth-order valence-electron chi connectivity index (χ4n) is 5.31. The van der Waals surface area contributed by atoms with Crippen LogP contribution in [0.2, 0.25) is 0 Å². The minimum Gasteiger partial charge on any atom is -0.505 e. The maximum Gasteiger partial charge on any atom is 0.331 e. The molecule has 6 heteroatoms. The monoisotopic (exact) mass is 436 g/mol. The zero-order chi connectivity index (χ0) is 23.1. The Morgan fingerprint density at radius 2 is 1.90 bits per heavy atom. The van der Waals surface area contributed by atoms with E-state index < -0.39 is 40.3 Å². The number of ether oxygens (including phenoxy) is 1. The lowest BCUT2D eigenvalue weighted by molar-refractivity contribution is -0.133. The summed E-state index contributed by atoms with van der Waals surface area (Å²) < 4.78 is 37.3. The number of hydrogen-bond donors (Lipinski definition) is 2. The van der Waals surface area contributed by atoms with Gasteiger partial charge >= 0.3 is 5.97 Å². The van der Waals surface area contributed by atoms with Gasteiger partial charge < -0.3 is 14.9 Å². The van der Waals surface area contributed by atoms with Gasteiger partial charge in [0.15, 0.2) is 23.1 Å². The highest BCUT2D eigenvalue weighted by Gasteiger charge is 2.49. The zero-order valence-corrected chi connectivity index (χ0v) is 19.1. The first-order chi connectivity index (χ1) is 14.4. The molecule has 2 atom stereocenters. The fraction of sp³-hybridized carbons (Fsp3) is 0.640. The first-order valence-corrected chi connectivity index (χ1v) is 11.3. The van der Waals surface area contributed by atoms with Gasteiger partial charge in [0.05, 0.1) is 0 Å². The van der Waals surface area contributed by atoms with Gasteiger partial charge in [0.2, 0.25) is 0 Å². The van der Waals surface area contributed by atoms with E-state index in [-0.39, 0.29) is 34.8 Å². The van der Waals surface area contributed by atoms with Crippen LogP contribution in [0.5, 0.6) is 11.5 Å². The number of aromatic hydroxyl groups is 1. The van der Waals surface area contributed by atoms with E-state index in [0.717, 1.165) is 25.7 Å². The molecular weight excluding hydrogens is 402 g/mol. The Morgan fingerprint density at radius 1 is 1.23 bits per heavy atom. The third-order valence-electron chi connectivity index (χ3n) is 7.13. The normalized spacial score (nSPS) is 22.2. The zero-order valence-electron chi connectivity index (χ0n) is 19.1. The van der Waals surface area contributed by atoms with E-state index in [9.17, 15) is 15.0 Å². The maximum atomic E-state index is 15.8. The molecule has 2 N–H and O–H groups in total. The van der Waals surface area contributed by atoms with Crippen LogP contribution in [-0.2, 0) is 10.2 Å². The largest absolute Gasteiger partial charge is 0.505 e. The number of allylic oxidation sites excluding steroid dienone is 1. The summed E-state index contributed by atoms with van der Waals surface area (Å²) in [6, 6.07) is 0. The van der Waals surface area contributed by atoms with Crippen molar-refractivity contribution in [3.05, 3.63) is 34.4 Å². The minimum absolute atomic E-state index is 0.0664. The Bertz CT molecular complexity index is 902. The van der Waals surface area contributed by atoms with Crippen LogP contribution in [0.1, 0.15) is 96.6 Å². The molecular formula is C25H34F2O4. The molecule has 0 bridgehead atoms. The van der Waals surface area contributed by atoms with E-state index in [1.807, 2.05) is 13.8 Å². The smallest absolute Gasteiger partial charge is 0.331 e. The number of benzene rings is 1. The second kappa shape index (κ2) is 8.44. The molecule has 31 heavy (non-hydrogen) atoms. The first kappa shape index (κ1) is 23.6. The standard InChI is InChI=1S/C25H34F2O4/c1-6-7-8-9-12-24(2,3)18-19(26)21(28)17-15-13-14(23(29)30)10-11-16(15)25(4,5)31-22(17)20(18)27/h10,15-16,28H,6-9,11-13H2,1-5H3,(H,29,30)/t15-,16-/m1/s1. The minimum atomic E-state index is -1.05. The van der Waals surface area contributed by atoms with Crippen LogP contribution in [0, 0.1) is 17.6 Å². The van der Waals surface area contributed by atoms with E-state index in [0.29, 0.717) is 12.8 Å². The number of halogens is 2. The molecule has 0 saturated heterocycles. The SMILES string of the molecule is CCCCCCC(C)(C)c1c(F)c(O)c2c(c1F)OC(C)(C)[C@@H]1CC=C(C(=O)O)C[C@@H]21. The summed E-state index contributed by atoms with van der Waals surface area (Å²) in [5, 5.41) is 20.3. The predicted molar refractivity (Wildman–Crippen MR) is 116 cm³/mol. The van der Waals surface area contributed by atoms with Crippen molar-refractivity contribution in [1.82, 2.24) is 0 Å². The van der Waals surface area contributed by atoms with Crippen molar-refractivity contribution in [2.24, 2.45) is 5.92 Å². The summed E-state index contributed by atoms with van der Waals surface area (Å²) in [4.78, 5) is 11.5. The molecule has 1 aromatic carbocycles. The van der Waals surface area contributed by atoms with Crippen molar-refractivity contribution in [3.8, 4) is 11.5 Å². The van der Waals surface area contributed by atoms with Gasteiger partial charge in [-0.1, -0.05) is 52.5 Å². The molecule has 3 rings (SSSR count). The van der Waals surface area contributed by atoms with Crippen LogP contribution in [0.3, 0.4) is 0 Å². The maximum absolute atomic E-state index is 15.8. The van der Waals surface area contributed by atoms with E-state index in [2.05, 4.69) is 6.92 Å². The number of phenolic OH excluding ortho intramolecular Hbond substituents is 1. The molecule has 2 aliphatic rings. The predicted octanol–water partition coefficient (Wildman–Crippen LogP) is 6.59. The number of fused-ring (bicyclic) bond motifs is 3. The topological polar surface area (TPSA) is 66.8 Å². The molecule has 0 spiro atoms. The molecule has 1 aliphatic carbocycles. The highest BCUT2D eigenvalue weighted by molar-refractivity contribution is 5.87. The Morgan fingerprint density at radius 3 is 2.52 bits per heavy atom. The van der Waals surface area contributed by atoms with Crippen LogP contribution in [0.4, 0.5) is 8.78 Å². The summed E-state index contributed by atoms with van der Waals surface area (Å²) >= 11 is 0. The molecule has 0 aromatic heterocycles. The second-order valence-corrected chi connectivity index (χ2v) is 10.2. The van der Waals surface area contributed by atoms with E-state index in [4.69, 9.17) is 4.74 Å². The van der Waals surface area contributed by atoms with Gasteiger partial charge in [0.1, 0.15) is 5.60 Å². The summed E-state index contributed by atoms with van der Waals surface area (Å²) in [5.41, 5.74) is -1.50. The number of carboxylic acids is 1. The van der Waals surface area contributed by atoms with Crippen molar-refractivity contribution in [2.45, 2.75) is 96.5 Å². The summed E-state index contributed by atoms with van der Waals surface area (Å²) in [6.45, 7) is 9.35. The number of unbranched alkanes of at least 4 members (excludes halogenated alkanes) is 3. The highest BCUT2D eigenvalue weighted by atomic mass is 19.1. The number of carboxylic acid groups (broad SMARTS) is 1. The van der Waals surface area contributed by atoms with Gasteiger partial charge in [-0.25, -0.2) is 13.6 Å². The highest BCUT2D eigenvalue weighted by Crippen LogP contribution is 2.57. The van der Waals surface area contributed by atoms with Gasteiger partial charge in [-0.3, -0.25) is 0 Å². The molecule has 172 valence electrons. The Balaban J connectivity index is 2.10. The molecule has 4 nitrogen and oxygen atoms in total. The molecule has 0 unspecified atom stereocenters. The Labute approximate surface area is 183 Å².